The summed E-state index contributed by atoms with van der Waals surface area (Å²) in [5, 5.41) is 8.84. The number of carbonyl (C=O) groups is 1. The Labute approximate surface area is 196 Å². The molecule has 0 saturated carbocycles. The molecule has 3 rings (SSSR count). The molecule has 1 N–H and O–H groups in total. The van der Waals surface area contributed by atoms with Crippen LogP contribution in [0.4, 0.5) is 13.2 Å². The van der Waals surface area contributed by atoms with Crippen LogP contribution in [0.3, 0.4) is 0 Å². The lowest BCUT2D eigenvalue weighted by molar-refractivity contribution is -0.138. The van der Waals surface area contributed by atoms with E-state index in [1.807, 2.05) is 39.0 Å². The highest BCUT2D eigenvalue weighted by atomic mass is 19.4. The first-order chi connectivity index (χ1) is 16.0. The third-order valence-electron chi connectivity index (χ3n) is 5.49. The Kier molecular flexibility index (Phi) is 8.15. The highest BCUT2D eigenvalue weighted by molar-refractivity contribution is 5.67. The second-order valence-corrected chi connectivity index (χ2v) is 8.51. The predicted molar refractivity (Wildman–Crippen MR) is 122 cm³/mol. The van der Waals surface area contributed by atoms with E-state index in [0.717, 1.165) is 34.5 Å². The molecule has 2 aromatic carbocycles. The molecule has 5 nitrogen and oxygen atoms in total. The molecule has 0 radical (unpaired) electrons. The van der Waals surface area contributed by atoms with Gasteiger partial charge in [-0.3, -0.25) is 4.79 Å². The normalized spacial score (nSPS) is 11.9. The summed E-state index contributed by atoms with van der Waals surface area (Å²) < 4.78 is 50.2. The summed E-state index contributed by atoms with van der Waals surface area (Å²) in [6, 6.07) is 10.6. The molecule has 0 aliphatic heterocycles. The van der Waals surface area contributed by atoms with Gasteiger partial charge in [0.1, 0.15) is 5.76 Å². The first kappa shape index (κ1) is 25.5. The summed E-state index contributed by atoms with van der Waals surface area (Å²) in [6.45, 7) is 6.70. The zero-order valence-corrected chi connectivity index (χ0v) is 19.4. The van der Waals surface area contributed by atoms with Crippen molar-refractivity contribution in [2.24, 2.45) is 0 Å². The third kappa shape index (κ3) is 6.70. The van der Waals surface area contributed by atoms with Gasteiger partial charge >= 0.3 is 12.1 Å². The minimum atomic E-state index is -4.39. The van der Waals surface area contributed by atoms with Crippen LogP contribution in [0.25, 0.3) is 11.5 Å². The number of aliphatic carboxylic acids is 1. The molecular formula is C26H28F3NO4. The summed E-state index contributed by atoms with van der Waals surface area (Å²) in [4.78, 5) is 15.3. The Morgan fingerprint density at radius 1 is 1.12 bits per heavy atom. The fourth-order valence-electron chi connectivity index (χ4n) is 3.64. The van der Waals surface area contributed by atoms with Gasteiger partial charge in [0.15, 0.2) is 0 Å². The molecular weight excluding hydrogens is 447 g/mol. The average Bonchev–Trinajstić information content (AvgIpc) is 3.20. The molecule has 0 fully saturated rings. The zero-order chi connectivity index (χ0) is 24.9. The number of hydrogen-bond acceptors (Lipinski definition) is 4. The molecule has 0 spiro atoms. The lowest BCUT2D eigenvalue weighted by Gasteiger charge is -2.09. The van der Waals surface area contributed by atoms with Gasteiger partial charge in [-0.05, 0) is 60.2 Å². The van der Waals surface area contributed by atoms with Crippen molar-refractivity contribution in [3.8, 4) is 11.5 Å². The van der Waals surface area contributed by atoms with Gasteiger partial charge in [-0.25, -0.2) is 4.98 Å². The van der Waals surface area contributed by atoms with E-state index in [4.69, 9.17) is 14.3 Å². The van der Waals surface area contributed by atoms with Gasteiger partial charge in [-0.15, -0.1) is 0 Å². The average molecular weight is 476 g/mol. The number of carboxylic acid groups (broad SMARTS) is 1. The Hall–Kier alpha value is -3.13. The van der Waals surface area contributed by atoms with E-state index in [1.165, 1.54) is 12.1 Å². The maximum absolute atomic E-state index is 12.8. The molecule has 0 atom stereocenters. The molecule has 8 heteroatoms. The summed E-state index contributed by atoms with van der Waals surface area (Å²) in [6.07, 6.45) is -3.32. The van der Waals surface area contributed by atoms with Gasteiger partial charge in [0.2, 0.25) is 5.89 Å². The molecule has 0 unspecified atom stereocenters. The number of rotatable bonds is 10. The topological polar surface area (TPSA) is 72.6 Å². The lowest BCUT2D eigenvalue weighted by Crippen LogP contribution is -2.04. The van der Waals surface area contributed by atoms with Crippen LogP contribution >= 0.6 is 0 Å². The molecule has 0 bridgehead atoms. The second kappa shape index (κ2) is 10.9. The van der Waals surface area contributed by atoms with Gasteiger partial charge in [0.25, 0.3) is 0 Å². The smallest absolute Gasteiger partial charge is 0.416 e. The number of carboxylic acids is 1. The molecule has 182 valence electrons. The van der Waals surface area contributed by atoms with Crippen molar-refractivity contribution >= 4 is 5.97 Å². The fraction of sp³-hybridized carbons (Fsp3) is 0.385. The Bertz CT molecular complexity index is 1120. The Morgan fingerprint density at radius 3 is 2.41 bits per heavy atom. The van der Waals surface area contributed by atoms with Gasteiger partial charge in [-0.2, -0.15) is 13.2 Å². The number of ether oxygens (including phenoxy) is 1. The molecule has 0 saturated heterocycles. The van der Waals surface area contributed by atoms with E-state index in [0.29, 0.717) is 43.3 Å². The molecule has 1 heterocycles. The van der Waals surface area contributed by atoms with Crippen LogP contribution < -0.4 is 0 Å². The standard InChI is InChI=1S/C26H28F3NO4/c1-16(2)24-22(34-25(30-24)20-6-9-21(10-7-20)26(27,28)29)12-13-33-15-18-4-5-19(17(3)14-18)8-11-23(31)32/h4-7,9-10,14,16H,8,11-13,15H2,1-3H3,(H,31,32). The van der Waals surface area contributed by atoms with E-state index in [-0.39, 0.29) is 12.3 Å². The van der Waals surface area contributed by atoms with Gasteiger partial charge in [-0.1, -0.05) is 32.0 Å². The molecule has 0 aliphatic rings. The fourth-order valence-corrected chi connectivity index (χ4v) is 3.64. The van der Waals surface area contributed by atoms with Crippen molar-refractivity contribution < 1.29 is 32.2 Å². The summed E-state index contributed by atoms with van der Waals surface area (Å²) >= 11 is 0. The first-order valence-electron chi connectivity index (χ1n) is 11.1. The number of nitrogens with zero attached hydrogens (tertiary/aromatic N) is 1. The number of hydrogen-bond donors (Lipinski definition) is 1. The van der Waals surface area contributed by atoms with Gasteiger partial charge < -0.3 is 14.3 Å². The van der Waals surface area contributed by atoms with Crippen LogP contribution in [-0.2, 0) is 35.2 Å². The second-order valence-electron chi connectivity index (χ2n) is 8.51. The van der Waals surface area contributed by atoms with Gasteiger partial charge in [0, 0.05) is 18.4 Å². The zero-order valence-electron chi connectivity index (χ0n) is 19.4. The van der Waals surface area contributed by atoms with Crippen LogP contribution in [-0.4, -0.2) is 22.7 Å². The third-order valence-corrected chi connectivity index (χ3v) is 5.49. The van der Waals surface area contributed by atoms with Crippen LogP contribution in [0.2, 0.25) is 0 Å². The van der Waals surface area contributed by atoms with E-state index >= 15 is 0 Å². The number of aryl methyl sites for hydroxylation is 2. The molecule has 1 aromatic heterocycles. The lowest BCUT2D eigenvalue weighted by atomic mass is 10.0. The Balaban J connectivity index is 1.61. The summed E-state index contributed by atoms with van der Waals surface area (Å²) in [5.74, 6) is 0.217. The van der Waals surface area contributed by atoms with Gasteiger partial charge in [0.05, 0.1) is 24.5 Å². The quantitative estimate of drug-likeness (QED) is 0.336. The number of benzene rings is 2. The first-order valence-corrected chi connectivity index (χ1v) is 11.1. The highest BCUT2D eigenvalue weighted by Gasteiger charge is 2.30. The van der Waals surface area contributed by atoms with Crippen molar-refractivity contribution in [2.45, 2.75) is 58.7 Å². The largest absolute Gasteiger partial charge is 0.481 e. The minimum Gasteiger partial charge on any atom is -0.481 e. The van der Waals surface area contributed by atoms with Crippen molar-refractivity contribution in [3.63, 3.8) is 0 Å². The molecule has 0 amide bonds. The molecule has 34 heavy (non-hydrogen) atoms. The Morgan fingerprint density at radius 2 is 1.82 bits per heavy atom. The van der Waals surface area contributed by atoms with E-state index in [1.54, 1.807) is 0 Å². The molecule has 0 aliphatic carbocycles. The molecule has 3 aromatic rings. The number of aromatic nitrogens is 1. The van der Waals surface area contributed by atoms with Crippen molar-refractivity contribution in [1.82, 2.24) is 4.98 Å². The van der Waals surface area contributed by atoms with Crippen LogP contribution in [0.15, 0.2) is 46.9 Å². The maximum atomic E-state index is 12.8. The minimum absolute atomic E-state index is 0.0861. The van der Waals surface area contributed by atoms with Crippen molar-refractivity contribution in [2.75, 3.05) is 6.61 Å². The van der Waals surface area contributed by atoms with Crippen molar-refractivity contribution in [3.05, 3.63) is 76.2 Å². The predicted octanol–water partition coefficient (Wildman–Crippen LogP) is 6.57. The number of oxazole rings is 1. The van der Waals surface area contributed by atoms with E-state index in [9.17, 15) is 18.0 Å². The van der Waals surface area contributed by atoms with Crippen LogP contribution in [0, 0.1) is 6.92 Å². The SMILES string of the molecule is Cc1cc(COCCc2oc(-c3ccc(C(F)(F)F)cc3)nc2C(C)C)ccc1CCC(=O)O. The van der Waals surface area contributed by atoms with Crippen molar-refractivity contribution in [1.29, 1.82) is 0 Å². The highest BCUT2D eigenvalue weighted by Crippen LogP contribution is 2.32. The van der Waals surface area contributed by atoms with Crippen LogP contribution in [0.1, 0.15) is 59.9 Å². The van der Waals surface area contributed by atoms with Crippen LogP contribution in [0.5, 0.6) is 0 Å². The summed E-state index contributed by atoms with van der Waals surface area (Å²) in [5.41, 5.74) is 3.55. The number of alkyl halides is 3. The monoisotopic (exact) mass is 475 g/mol. The number of halogens is 3. The van der Waals surface area contributed by atoms with E-state index < -0.39 is 17.7 Å². The van der Waals surface area contributed by atoms with E-state index in [2.05, 4.69) is 4.98 Å². The summed E-state index contributed by atoms with van der Waals surface area (Å²) in [7, 11) is 0. The maximum Gasteiger partial charge on any atom is 0.416 e.